The molecule has 0 unspecified atom stereocenters. The zero-order valence-electron chi connectivity index (χ0n) is 28.0. The van der Waals surface area contributed by atoms with Crippen LogP contribution in [0.15, 0.2) is 59.0 Å². The molecule has 2 aliphatic rings. The van der Waals surface area contributed by atoms with Crippen LogP contribution >= 0.6 is 0 Å². The van der Waals surface area contributed by atoms with Gasteiger partial charge in [0.25, 0.3) is 5.91 Å². The van der Waals surface area contributed by atoms with Crippen molar-refractivity contribution in [1.82, 2.24) is 5.32 Å². The number of amides is 1. The zero-order chi connectivity index (χ0) is 34.8. The van der Waals surface area contributed by atoms with Crippen LogP contribution in [0.1, 0.15) is 78.3 Å². The highest BCUT2D eigenvalue weighted by Crippen LogP contribution is 2.48. The number of carbonyl (C=O) groups excluding carboxylic acids is 2. The third-order valence-electron chi connectivity index (χ3n) is 9.42. The SMILES string of the molecule is CNC(=O)c1c(-c2cccc(F)c2)oc2cc(N(Cc3ccc(B4OC(C)(C)C(C)(C)O4)c(C(=O)OC)c3)S(C)(=O)=O)c(C3CC3)cc12. The molecular weight excluding hydrogens is 638 g/mol. The Kier molecular flexibility index (Phi) is 8.46. The molecule has 0 radical (unpaired) electrons. The van der Waals surface area contributed by atoms with Crippen molar-refractivity contribution >= 4 is 51.1 Å². The van der Waals surface area contributed by atoms with Crippen LogP contribution in [0.5, 0.6) is 0 Å². The quantitative estimate of drug-likeness (QED) is 0.181. The van der Waals surface area contributed by atoms with E-state index in [1.165, 1.54) is 36.7 Å². The first-order valence-electron chi connectivity index (χ1n) is 15.7. The van der Waals surface area contributed by atoms with Gasteiger partial charge < -0.3 is 23.8 Å². The van der Waals surface area contributed by atoms with E-state index in [1.54, 1.807) is 36.4 Å². The summed E-state index contributed by atoms with van der Waals surface area (Å²) in [6.07, 6.45) is 2.80. The van der Waals surface area contributed by atoms with Crippen molar-refractivity contribution in [2.75, 3.05) is 24.7 Å². The predicted molar refractivity (Wildman–Crippen MR) is 181 cm³/mol. The lowest BCUT2D eigenvalue weighted by Crippen LogP contribution is -2.41. The fourth-order valence-electron chi connectivity index (χ4n) is 5.98. The smallest absolute Gasteiger partial charge is 0.465 e. The predicted octanol–water partition coefficient (Wildman–Crippen LogP) is 5.53. The molecule has 4 aromatic rings. The molecule has 252 valence electrons. The fourth-order valence-corrected chi connectivity index (χ4v) is 6.88. The summed E-state index contributed by atoms with van der Waals surface area (Å²) >= 11 is 0. The molecule has 1 N–H and O–H groups in total. The van der Waals surface area contributed by atoms with E-state index < -0.39 is 46.0 Å². The van der Waals surface area contributed by atoms with Crippen molar-refractivity contribution in [2.24, 2.45) is 0 Å². The van der Waals surface area contributed by atoms with Crippen molar-refractivity contribution in [2.45, 2.75) is 64.2 Å². The zero-order valence-corrected chi connectivity index (χ0v) is 28.8. The van der Waals surface area contributed by atoms with Crippen LogP contribution in [-0.4, -0.2) is 59.0 Å². The van der Waals surface area contributed by atoms with E-state index in [4.69, 9.17) is 18.5 Å². The van der Waals surface area contributed by atoms with E-state index in [-0.39, 0.29) is 34.9 Å². The van der Waals surface area contributed by atoms with E-state index in [1.807, 2.05) is 27.7 Å². The number of furan rings is 1. The summed E-state index contributed by atoms with van der Waals surface area (Å²) in [4.78, 5) is 26.2. The highest BCUT2D eigenvalue weighted by molar-refractivity contribution is 7.92. The third kappa shape index (κ3) is 6.10. The van der Waals surface area contributed by atoms with Gasteiger partial charge in [-0.05, 0) is 87.3 Å². The highest BCUT2D eigenvalue weighted by atomic mass is 32.2. The lowest BCUT2D eigenvalue weighted by atomic mass is 9.75. The molecule has 1 aliphatic heterocycles. The number of nitrogens with zero attached hydrogens (tertiary/aromatic N) is 1. The third-order valence-corrected chi connectivity index (χ3v) is 10.5. The molecule has 48 heavy (non-hydrogen) atoms. The van der Waals surface area contributed by atoms with Gasteiger partial charge in [-0.3, -0.25) is 9.10 Å². The van der Waals surface area contributed by atoms with Crippen LogP contribution in [0.25, 0.3) is 22.3 Å². The number of sulfonamides is 1. The summed E-state index contributed by atoms with van der Waals surface area (Å²) in [5.41, 5.74) is 1.91. The molecule has 0 bridgehead atoms. The van der Waals surface area contributed by atoms with Crippen LogP contribution < -0.4 is 15.1 Å². The number of hydrogen-bond acceptors (Lipinski definition) is 8. The van der Waals surface area contributed by atoms with E-state index in [2.05, 4.69) is 5.32 Å². The number of ether oxygens (including phenoxy) is 1. The molecule has 1 amide bonds. The first-order chi connectivity index (χ1) is 22.5. The van der Waals surface area contributed by atoms with E-state index in [0.29, 0.717) is 27.7 Å². The van der Waals surface area contributed by atoms with Gasteiger partial charge in [-0.15, -0.1) is 0 Å². The largest absolute Gasteiger partial charge is 0.495 e. The maximum absolute atomic E-state index is 14.2. The highest BCUT2D eigenvalue weighted by Gasteiger charge is 2.52. The Morgan fingerprint density at radius 3 is 2.31 bits per heavy atom. The van der Waals surface area contributed by atoms with Crippen LogP contribution in [0.3, 0.4) is 0 Å². The number of nitrogens with one attached hydrogen (secondary N) is 1. The Hall–Kier alpha value is -4.20. The summed E-state index contributed by atoms with van der Waals surface area (Å²) in [5, 5.41) is 3.13. The minimum Gasteiger partial charge on any atom is -0.465 e. The Balaban J connectivity index is 1.47. The van der Waals surface area contributed by atoms with Gasteiger partial charge in [-0.2, -0.15) is 0 Å². The summed E-state index contributed by atoms with van der Waals surface area (Å²) in [6, 6.07) is 14.2. The van der Waals surface area contributed by atoms with Crippen LogP contribution in [0.2, 0.25) is 0 Å². The van der Waals surface area contributed by atoms with Crippen molar-refractivity contribution in [3.8, 4) is 11.3 Å². The summed E-state index contributed by atoms with van der Waals surface area (Å²) < 4.78 is 66.2. The van der Waals surface area contributed by atoms with Crippen LogP contribution in [0.4, 0.5) is 10.1 Å². The van der Waals surface area contributed by atoms with Gasteiger partial charge in [0, 0.05) is 24.1 Å². The molecule has 3 aromatic carbocycles. The minimum atomic E-state index is -3.89. The fraction of sp³-hybridized carbons (Fsp3) is 0.371. The van der Waals surface area contributed by atoms with Gasteiger partial charge in [0.05, 0.1) is 47.9 Å². The number of anilines is 1. The van der Waals surface area contributed by atoms with E-state index in [9.17, 15) is 22.4 Å². The second kappa shape index (κ2) is 12.0. The molecule has 2 heterocycles. The number of halogens is 1. The maximum Gasteiger partial charge on any atom is 0.495 e. The van der Waals surface area contributed by atoms with Gasteiger partial charge in [-0.25, -0.2) is 17.6 Å². The molecule has 1 aromatic heterocycles. The van der Waals surface area contributed by atoms with Crippen LogP contribution in [0, 0.1) is 5.82 Å². The number of hydrogen-bond donors (Lipinski definition) is 1. The topological polar surface area (TPSA) is 124 Å². The molecular formula is C35H38BFN2O8S. The summed E-state index contributed by atoms with van der Waals surface area (Å²) in [5.74, 6) is -1.28. The van der Waals surface area contributed by atoms with Crippen molar-refractivity contribution < 1.29 is 40.9 Å². The van der Waals surface area contributed by atoms with Gasteiger partial charge in [-0.1, -0.05) is 24.3 Å². The molecule has 6 rings (SSSR count). The van der Waals surface area contributed by atoms with Crippen molar-refractivity contribution in [3.63, 3.8) is 0 Å². The normalized spacial score (nSPS) is 17.0. The Bertz CT molecular complexity index is 2040. The lowest BCUT2D eigenvalue weighted by Gasteiger charge is -2.32. The molecule has 2 fully saturated rings. The molecule has 1 aliphatic carbocycles. The minimum absolute atomic E-state index is 0.0649. The average Bonchev–Trinajstić information content (AvgIpc) is 3.76. The second-order valence-electron chi connectivity index (χ2n) is 13.3. The summed E-state index contributed by atoms with van der Waals surface area (Å²) in [7, 11) is -1.96. The van der Waals surface area contributed by atoms with E-state index in [0.717, 1.165) is 24.7 Å². The number of methoxy groups -OCH3 is 1. The first-order valence-corrected chi connectivity index (χ1v) is 17.5. The molecule has 1 saturated heterocycles. The summed E-state index contributed by atoms with van der Waals surface area (Å²) in [6.45, 7) is 7.53. The monoisotopic (exact) mass is 676 g/mol. The van der Waals surface area contributed by atoms with Gasteiger partial charge >= 0.3 is 13.1 Å². The number of carbonyl (C=O) groups is 2. The standard InChI is InChI=1S/C35H38BFN2O8S/c1-34(2)35(3,4)47-36(46-34)27-14-11-20(15-25(27)33(41)44-6)19-39(48(7,42)43)28-18-29-26(17-24(28)21-12-13-21)30(32(40)38-5)31(45-29)22-9-8-10-23(37)16-22/h8-11,14-18,21H,12-13,19H2,1-7H3,(H,38,40). The second-order valence-corrected chi connectivity index (χ2v) is 15.3. The van der Waals surface area contributed by atoms with Gasteiger partial charge in [0.15, 0.2) is 0 Å². The van der Waals surface area contributed by atoms with Crippen molar-refractivity contribution in [1.29, 1.82) is 0 Å². The Labute approximate surface area is 279 Å². The maximum atomic E-state index is 14.2. The van der Waals surface area contributed by atoms with Crippen LogP contribution in [-0.2, 0) is 30.6 Å². The Morgan fingerprint density at radius 1 is 1.04 bits per heavy atom. The molecule has 0 atom stereocenters. The number of benzene rings is 3. The number of esters is 1. The molecule has 0 spiro atoms. The first kappa shape index (κ1) is 33.7. The number of rotatable bonds is 9. The average molecular weight is 677 g/mol. The van der Waals surface area contributed by atoms with Gasteiger partial charge in [0.2, 0.25) is 10.0 Å². The van der Waals surface area contributed by atoms with Gasteiger partial charge in [0.1, 0.15) is 17.2 Å². The Morgan fingerprint density at radius 2 is 1.73 bits per heavy atom. The van der Waals surface area contributed by atoms with Crippen molar-refractivity contribution in [3.05, 3.63) is 82.7 Å². The molecule has 10 nitrogen and oxygen atoms in total. The molecule has 1 saturated carbocycles. The number of fused-ring (bicyclic) bond motifs is 1. The van der Waals surface area contributed by atoms with E-state index >= 15 is 0 Å². The molecule has 13 heteroatoms. The lowest BCUT2D eigenvalue weighted by molar-refractivity contribution is 0.00578.